The maximum absolute atomic E-state index is 4.61. The number of hydrogen-bond donors (Lipinski definition) is 1. The standard InChI is InChI=1S/C15H24BrN5/c1-10(2)6-17-7-13-8-21(19-11(13)3)9-14-15(16)12(4)18-20(14)5/h8,10,17H,6-7,9H2,1-5H3. The molecule has 0 spiro atoms. The number of nitrogens with zero attached hydrogens (tertiary/aromatic N) is 4. The molecule has 0 atom stereocenters. The second-order valence-electron chi connectivity index (χ2n) is 5.93. The highest BCUT2D eigenvalue weighted by molar-refractivity contribution is 9.10. The molecule has 2 rings (SSSR count). The van der Waals surface area contributed by atoms with E-state index in [4.69, 9.17) is 0 Å². The topological polar surface area (TPSA) is 47.7 Å². The zero-order valence-corrected chi connectivity index (χ0v) is 15.0. The van der Waals surface area contributed by atoms with Crippen LogP contribution in [0, 0.1) is 19.8 Å². The molecule has 0 radical (unpaired) electrons. The van der Waals surface area contributed by atoms with Gasteiger partial charge in [-0.3, -0.25) is 9.36 Å². The van der Waals surface area contributed by atoms with Crippen LogP contribution in [0.4, 0.5) is 0 Å². The summed E-state index contributed by atoms with van der Waals surface area (Å²) in [4.78, 5) is 0. The first kappa shape index (κ1) is 16.2. The van der Waals surface area contributed by atoms with Crippen molar-refractivity contribution in [2.75, 3.05) is 6.54 Å². The third-order valence-electron chi connectivity index (χ3n) is 3.49. The molecule has 0 unspecified atom stereocenters. The largest absolute Gasteiger partial charge is 0.312 e. The molecule has 0 saturated carbocycles. The summed E-state index contributed by atoms with van der Waals surface area (Å²) in [6.45, 7) is 11.1. The number of aromatic nitrogens is 4. The molecule has 0 bridgehead atoms. The number of aryl methyl sites for hydroxylation is 3. The zero-order chi connectivity index (χ0) is 15.6. The molecule has 116 valence electrons. The Balaban J connectivity index is 2.08. The minimum absolute atomic E-state index is 0.661. The van der Waals surface area contributed by atoms with Crippen molar-refractivity contribution in [2.24, 2.45) is 13.0 Å². The zero-order valence-electron chi connectivity index (χ0n) is 13.4. The van der Waals surface area contributed by atoms with Gasteiger partial charge in [-0.1, -0.05) is 13.8 Å². The van der Waals surface area contributed by atoms with Gasteiger partial charge in [0.15, 0.2) is 0 Å². The van der Waals surface area contributed by atoms with E-state index in [1.165, 1.54) is 5.56 Å². The van der Waals surface area contributed by atoms with E-state index in [0.717, 1.165) is 41.2 Å². The van der Waals surface area contributed by atoms with Gasteiger partial charge in [-0.15, -0.1) is 0 Å². The van der Waals surface area contributed by atoms with Crippen LogP contribution in [0.15, 0.2) is 10.7 Å². The maximum atomic E-state index is 4.61. The molecule has 6 heteroatoms. The second-order valence-corrected chi connectivity index (χ2v) is 6.72. The Morgan fingerprint density at radius 3 is 2.52 bits per heavy atom. The molecule has 0 amide bonds. The van der Waals surface area contributed by atoms with Crippen LogP contribution in [0.3, 0.4) is 0 Å². The van der Waals surface area contributed by atoms with Crippen LogP contribution in [0.2, 0.25) is 0 Å². The second kappa shape index (κ2) is 6.75. The number of halogens is 1. The van der Waals surface area contributed by atoms with Gasteiger partial charge in [-0.2, -0.15) is 10.2 Å². The summed E-state index contributed by atoms with van der Waals surface area (Å²) < 4.78 is 4.97. The molecule has 0 aliphatic rings. The predicted molar refractivity (Wildman–Crippen MR) is 88.3 cm³/mol. The quantitative estimate of drug-likeness (QED) is 0.868. The van der Waals surface area contributed by atoms with Crippen molar-refractivity contribution in [2.45, 2.75) is 40.8 Å². The van der Waals surface area contributed by atoms with Gasteiger partial charge in [0.25, 0.3) is 0 Å². The summed E-state index contributed by atoms with van der Waals surface area (Å²) in [5, 5.41) is 12.5. The van der Waals surface area contributed by atoms with Crippen molar-refractivity contribution in [3.05, 3.63) is 33.3 Å². The molecule has 0 saturated heterocycles. The molecule has 21 heavy (non-hydrogen) atoms. The van der Waals surface area contributed by atoms with E-state index in [9.17, 15) is 0 Å². The Labute approximate surface area is 134 Å². The van der Waals surface area contributed by atoms with E-state index in [2.05, 4.69) is 58.4 Å². The average molecular weight is 354 g/mol. The Hall–Kier alpha value is -1.14. The highest BCUT2D eigenvalue weighted by Crippen LogP contribution is 2.21. The molecule has 0 aromatic carbocycles. The lowest BCUT2D eigenvalue weighted by atomic mass is 10.2. The third-order valence-corrected chi connectivity index (χ3v) is 4.52. The Bertz CT molecular complexity index is 612. The molecular formula is C15H24BrN5. The summed E-state index contributed by atoms with van der Waals surface area (Å²) in [7, 11) is 1.97. The monoisotopic (exact) mass is 353 g/mol. The van der Waals surface area contributed by atoms with E-state index in [1.807, 2.05) is 23.3 Å². The van der Waals surface area contributed by atoms with Gasteiger partial charge in [0, 0.05) is 25.4 Å². The maximum Gasteiger partial charge on any atom is 0.0839 e. The van der Waals surface area contributed by atoms with Crippen molar-refractivity contribution < 1.29 is 0 Å². The summed E-state index contributed by atoms with van der Waals surface area (Å²) >= 11 is 3.60. The highest BCUT2D eigenvalue weighted by atomic mass is 79.9. The van der Waals surface area contributed by atoms with Crippen LogP contribution in [-0.2, 0) is 20.1 Å². The number of hydrogen-bond acceptors (Lipinski definition) is 3. The van der Waals surface area contributed by atoms with Crippen LogP contribution in [-0.4, -0.2) is 26.1 Å². The van der Waals surface area contributed by atoms with E-state index in [-0.39, 0.29) is 0 Å². The van der Waals surface area contributed by atoms with Crippen LogP contribution in [0.5, 0.6) is 0 Å². The predicted octanol–water partition coefficient (Wildman–Crippen LogP) is 2.79. The van der Waals surface area contributed by atoms with Crippen molar-refractivity contribution in [3.8, 4) is 0 Å². The van der Waals surface area contributed by atoms with Gasteiger partial charge in [-0.05, 0) is 42.2 Å². The molecule has 0 aliphatic carbocycles. The molecular weight excluding hydrogens is 330 g/mol. The molecule has 0 aliphatic heterocycles. The minimum Gasteiger partial charge on any atom is -0.312 e. The Morgan fingerprint density at radius 2 is 1.95 bits per heavy atom. The normalized spacial score (nSPS) is 11.6. The van der Waals surface area contributed by atoms with Gasteiger partial charge >= 0.3 is 0 Å². The van der Waals surface area contributed by atoms with Gasteiger partial charge in [0.2, 0.25) is 0 Å². The van der Waals surface area contributed by atoms with Crippen molar-refractivity contribution in [3.63, 3.8) is 0 Å². The SMILES string of the molecule is Cc1nn(Cc2c(Br)c(C)nn2C)cc1CNCC(C)C. The van der Waals surface area contributed by atoms with Crippen molar-refractivity contribution in [1.29, 1.82) is 0 Å². The van der Waals surface area contributed by atoms with Crippen molar-refractivity contribution in [1.82, 2.24) is 24.9 Å². The van der Waals surface area contributed by atoms with E-state index in [0.29, 0.717) is 5.92 Å². The van der Waals surface area contributed by atoms with Gasteiger partial charge in [-0.25, -0.2) is 0 Å². The molecule has 5 nitrogen and oxygen atoms in total. The van der Waals surface area contributed by atoms with Crippen LogP contribution >= 0.6 is 15.9 Å². The van der Waals surface area contributed by atoms with E-state index < -0.39 is 0 Å². The third kappa shape index (κ3) is 3.95. The fourth-order valence-corrected chi connectivity index (χ4v) is 2.78. The molecule has 2 aromatic rings. The smallest absolute Gasteiger partial charge is 0.0839 e. The first-order valence-electron chi connectivity index (χ1n) is 7.30. The Kier molecular flexibility index (Phi) is 5.22. The van der Waals surface area contributed by atoms with Crippen LogP contribution < -0.4 is 5.32 Å². The highest BCUT2D eigenvalue weighted by Gasteiger charge is 2.13. The lowest BCUT2D eigenvalue weighted by Crippen LogP contribution is -2.19. The van der Waals surface area contributed by atoms with Crippen molar-refractivity contribution >= 4 is 15.9 Å². The summed E-state index contributed by atoms with van der Waals surface area (Å²) in [5.74, 6) is 0.661. The molecule has 0 fully saturated rings. The van der Waals surface area contributed by atoms with E-state index in [1.54, 1.807) is 0 Å². The first-order chi connectivity index (χ1) is 9.88. The fourth-order valence-electron chi connectivity index (χ4n) is 2.31. The van der Waals surface area contributed by atoms with E-state index >= 15 is 0 Å². The number of nitrogens with one attached hydrogen (secondary N) is 1. The van der Waals surface area contributed by atoms with Gasteiger partial charge in [0.1, 0.15) is 0 Å². The lowest BCUT2D eigenvalue weighted by Gasteiger charge is -2.06. The molecule has 2 heterocycles. The summed E-state index contributed by atoms with van der Waals surface area (Å²) in [6, 6.07) is 0. The first-order valence-corrected chi connectivity index (χ1v) is 8.09. The number of rotatable bonds is 6. The van der Waals surface area contributed by atoms with Gasteiger partial charge in [0.05, 0.1) is 28.1 Å². The van der Waals surface area contributed by atoms with Crippen LogP contribution in [0.1, 0.15) is 36.5 Å². The van der Waals surface area contributed by atoms with Crippen LogP contribution in [0.25, 0.3) is 0 Å². The summed E-state index contributed by atoms with van der Waals surface area (Å²) in [5.41, 5.74) is 4.49. The molecule has 1 N–H and O–H groups in total. The van der Waals surface area contributed by atoms with Gasteiger partial charge < -0.3 is 5.32 Å². The Morgan fingerprint density at radius 1 is 1.24 bits per heavy atom. The lowest BCUT2D eigenvalue weighted by molar-refractivity contribution is 0.551. The minimum atomic E-state index is 0.661. The average Bonchev–Trinajstić information content (AvgIpc) is 2.85. The molecule has 2 aromatic heterocycles. The summed E-state index contributed by atoms with van der Waals surface area (Å²) in [6.07, 6.45) is 2.12. The fraction of sp³-hybridized carbons (Fsp3) is 0.600.